The Bertz CT molecular complexity index is 936. The van der Waals surface area contributed by atoms with E-state index in [2.05, 4.69) is 51.4 Å². The quantitative estimate of drug-likeness (QED) is 0.804. The molecule has 0 bridgehead atoms. The van der Waals surface area contributed by atoms with Crippen LogP contribution in [-0.2, 0) is 0 Å². The van der Waals surface area contributed by atoms with Crippen molar-refractivity contribution in [3.05, 3.63) is 52.2 Å². The van der Waals surface area contributed by atoms with Gasteiger partial charge in [0.15, 0.2) is 0 Å². The molecule has 6 nitrogen and oxygen atoms in total. The topological polar surface area (TPSA) is 66.3 Å². The van der Waals surface area contributed by atoms with Crippen LogP contribution in [0.4, 0.5) is 0 Å². The number of hydrogen-bond donors (Lipinski definition) is 1. The van der Waals surface area contributed by atoms with E-state index in [0.29, 0.717) is 6.04 Å². The third-order valence-electron chi connectivity index (χ3n) is 4.98. The molecule has 1 aliphatic rings. The molecule has 1 aliphatic heterocycles. The zero-order chi connectivity index (χ0) is 16.7. The van der Waals surface area contributed by atoms with E-state index in [1.807, 2.05) is 6.92 Å². The number of aromatic amines is 1. The van der Waals surface area contributed by atoms with Crippen molar-refractivity contribution in [3.8, 4) is 11.1 Å². The summed E-state index contributed by atoms with van der Waals surface area (Å²) in [6.45, 7) is 6.53. The summed E-state index contributed by atoms with van der Waals surface area (Å²) in [6, 6.07) is 8.95. The van der Waals surface area contributed by atoms with Gasteiger partial charge in [-0.05, 0) is 57.0 Å². The fourth-order valence-corrected chi connectivity index (χ4v) is 3.67. The van der Waals surface area contributed by atoms with Crippen LogP contribution in [0.25, 0.3) is 16.6 Å². The summed E-state index contributed by atoms with van der Waals surface area (Å²) in [5, 5.41) is 10.7. The third kappa shape index (κ3) is 2.43. The molecule has 1 fully saturated rings. The van der Waals surface area contributed by atoms with Crippen LogP contribution in [0, 0.1) is 6.92 Å². The lowest BCUT2D eigenvalue weighted by atomic mass is 9.99. The molecular formula is C18H21N5O. The summed E-state index contributed by atoms with van der Waals surface area (Å²) in [5.41, 5.74) is 4.61. The predicted molar refractivity (Wildman–Crippen MR) is 93.0 cm³/mol. The van der Waals surface area contributed by atoms with E-state index in [-0.39, 0.29) is 5.69 Å². The molecule has 0 spiro atoms. The van der Waals surface area contributed by atoms with Gasteiger partial charge in [0.2, 0.25) is 0 Å². The van der Waals surface area contributed by atoms with Crippen molar-refractivity contribution in [2.24, 2.45) is 0 Å². The fraction of sp³-hybridized carbons (Fsp3) is 0.389. The maximum Gasteiger partial charge on any atom is 0.363 e. The zero-order valence-corrected chi connectivity index (χ0v) is 14.0. The molecule has 124 valence electrons. The van der Waals surface area contributed by atoms with Crippen molar-refractivity contribution in [3.63, 3.8) is 0 Å². The highest BCUT2D eigenvalue weighted by Gasteiger charge is 2.20. The minimum atomic E-state index is -0.316. The van der Waals surface area contributed by atoms with E-state index < -0.39 is 0 Å². The number of aromatic nitrogens is 4. The smallest absolute Gasteiger partial charge is 0.297 e. The molecule has 1 aromatic carbocycles. The summed E-state index contributed by atoms with van der Waals surface area (Å²) < 4.78 is 1.38. The van der Waals surface area contributed by atoms with Crippen LogP contribution in [0.15, 0.2) is 35.3 Å². The standard InChI is InChI=1S/C18H21N5O/c1-12-17(16-11-19-20-18(24)23(16)21-12)15-7-5-6-14(10-15)13(2)22-8-3-4-9-22/h5-7,10-11,13H,3-4,8-9H2,1-2H3,(H,20,24)/t13-/m1/s1. The number of aryl methyl sites for hydroxylation is 1. The Morgan fingerprint density at radius 1 is 1.25 bits per heavy atom. The Morgan fingerprint density at radius 3 is 2.83 bits per heavy atom. The van der Waals surface area contributed by atoms with Gasteiger partial charge in [-0.3, -0.25) is 4.90 Å². The molecular weight excluding hydrogens is 302 g/mol. The van der Waals surface area contributed by atoms with E-state index in [4.69, 9.17) is 0 Å². The summed E-state index contributed by atoms with van der Waals surface area (Å²) >= 11 is 0. The van der Waals surface area contributed by atoms with Crippen LogP contribution in [0.5, 0.6) is 0 Å². The summed E-state index contributed by atoms with van der Waals surface area (Å²) in [5.74, 6) is 0. The first-order valence-corrected chi connectivity index (χ1v) is 8.42. The molecule has 1 atom stereocenters. The predicted octanol–water partition coefficient (Wildman–Crippen LogP) is 2.55. The lowest BCUT2D eigenvalue weighted by Crippen LogP contribution is -2.23. The zero-order valence-electron chi connectivity index (χ0n) is 14.0. The molecule has 0 amide bonds. The van der Waals surface area contributed by atoms with Crippen molar-refractivity contribution in [1.29, 1.82) is 0 Å². The molecule has 4 rings (SSSR count). The van der Waals surface area contributed by atoms with Gasteiger partial charge in [0.1, 0.15) is 5.52 Å². The van der Waals surface area contributed by atoms with E-state index in [1.165, 1.54) is 36.0 Å². The number of hydrogen-bond acceptors (Lipinski definition) is 4. The number of rotatable bonds is 3. The highest BCUT2D eigenvalue weighted by atomic mass is 16.1. The van der Waals surface area contributed by atoms with Gasteiger partial charge < -0.3 is 0 Å². The Morgan fingerprint density at radius 2 is 2.04 bits per heavy atom. The highest BCUT2D eigenvalue weighted by Crippen LogP contribution is 2.31. The van der Waals surface area contributed by atoms with Crippen molar-refractivity contribution in [2.45, 2.75) is 32.7 Å². The summed E-state index contributed by atoms with van der Waals surface area (Å²) in [7, 11) is 0. The first-order chi connectivity index (χ1) is 11.6. The van der Waals surface area contributed by atoms with Crippen molar-refractivity contribution >= 4 is 5.52 Å². The van der Waals surface area contributed by atoms with Gasteiger partial charge in [0.25, 0.3) is 0 Å². The molecule has 0 saturated carbocycles. The average Bonchev–Trinajstić information content (AvgIpc) is 3.22. The van der Waals surface area contributed by atoms with E-state index >= 15 is 0 Å². The van der Waals surface area contributed by atoms with Gasteiger partial charge in [-0.1, -0.05) is 18.2 Å². The molecule has 0 unspecified atom stereocenters. The van der Waals surface area contributed by atoms with Crippen LogP contribution in [0.2, 0.25) is 0 Å². The van der Waals surface area contributed by atoms with Crippen LogP contribution < -0.4 is 5.69 Å². The van der Waals surface area contributed by atoms with Crippen molar-refractivity contribution in [2.75, 3.05) is 13.1 Å². The fourth-order valence-electron chi connectivity index (χ4n) is 3.67. The Kier molecular flexibility index (Phi) is 3.69. The Hall–Kier alpha value is -2.47. The first-order valence-electron chi connectivity index (χ1n) is 8.42. The van der Waals surface area contributed by atoms with Gasteiger partial charge in [-0.2, -0.15) is 14.7 Å². The minimum Gasteiger partial charge on any atom is -0.297 e. The average molecular weight is 323 g/mol. The SMILES string of the molecule is Cc1nn2c(=O)[nH]ncc2c1-c1cccc([C@@H](C)N2CCCC2)c1. The van der Waals surface area contributed by atoms with Crippen molar-refractivity contribution in [1.82, 2.24) is 24.7 Å². The first kappa shape index (κ1) is 15.1. The molecule has 24 heavy (non-hydrogen) atoms. The van der Waals surface area contributed by atoms with Crippen molar-refractivity contribution < 1.29 is 0 Å². The maximum atomic E-state index is 11.9. The normalized spacial score (nSPS) is 16.8. The summed E-state index contributed by atoms with van der Waals surface area (Å²) in [4.78, 5) is 14.4. The van der Waals surface area contributed by atoms with Gasteiger partial charge in [0.05, 0.1) is 11.9 Å². The lowest BCUT2D eigenvalue weighted by molar-refractivity contribution is 0.263. The Balaban J connectivity index is 1.80. The van der Waals surface area contributed by atoms with Crippen LogP contribution in [0.3, 0.4) is 0 Å². The third-order valence-corrected chi connectivity index (χ3v) is 4.98. The monoisotopic (exact) mass is 323 g/mol. The molecule has 3 heterocycles. The van der Waals surface area contributed by atoms with Gasteiger partial charge in [-0.15, -0.1) is 0 Å². The van der Waals surface area contributed by atoms with E-state index in [9.17, 15) is 4.79 Å². The molecule has 1 saturated heterocycles. The van der Waals surface area contributed by atoms with E-state index in [0.717, 1.165) is 22.3 Å². The molecule has 2 aromatic heterocycles. The molecule has 1 N–H and O–H groups in total. The number of likely N-dealkylation sites (tertiary alicyclic amines) is 1. The van der Waals surface area contributed by atoms with Crippen LogP contribution in [-0.4, -0.2) is 37.8 Å². The lowest BCUT2D eigenvalue weighted by Gasteiger charge is -2.24. The molecule has 0 aliphatic carbocycles. The number of benzene rings is 1. The Labute approximate surface area is 140 Å². The molecule has 0 radical (unpaired) electrons. The number of nitrogens with one attached hydrogen (secondary N) is 1. The number of H-pyrrole nitrogens is 1. The van der Waals surface area contributed by atoms with Gasteiger partial charge in [0, 0.05) is 11.6 Å². The van der Waals surface area contributed by atoms with Crippen LogP contribution >= 0.6 is 0 Å². The highest BCUT2D eigenvalue weighted by molar-refractivity contribution is 5.82. The number of fused-ring (bicyclic) bond motifs is 1. The maximum absolute atomic E-state index is 11.9. The minimum absolute atomic E-state index is 0.316. The van der Waals surface area contributed by atoms with E-state index in [1.54, 1.807) is 6.20 Å². The molecule has 3 aromatic rings. The second kappa shape index (κ2) is 5.87. The largest absolute Gasteiger partial charge is 0.363 e. The van der Waals surface area contributed by atoms with Crippen LogP contribution in [0.1, 0.15) is 37.1 Å². The van der Waals surface area contributed by atoms with Gasteiger partial charge in [-0.25, -0.2) is 9.89 Å². The molecule has 6 heteroatoms. The second-order valence-electron chi connectivity index (χ2n) is 6.48. The second-order valence-corrected chi connectivity index (χ2v) is 6.48. The number of nitrogens with zero attached hydrogens (tertiary/aromatic N) is 4. The summed E-state index contributed by atoms with van der Waals surface area (Å²) in [6.07, 6.45) is 4.23. The van der Waals surface area contributed by atoms with Gasteiger partial charge >= 0.3 is 5.69 Å².